The summed E-state index contributed by atoms with van der Waals surface area (Å²) < 4.78 is 40.0. The highest BCUT2D eigenvalue weighted by Crippen LogP contribution is 2.43. The van der Waals surface area contributed by atoms with Crippen LogP contribution in [0.5, 0.6) is 17.2 Å². The van der Waals surface area contributed by atoms with Gasteiger partial charge in [-0.15, -0.1) is 12.4 Å². The Morgan fingerprint density at radius 3 is 2.19 bits per heavy atom. The molecule has 5 aromatic rings. The SMILES string of the molecule is CS(=O)(=O)N1CCN(C[C@@H]2Cc3ccccc3CN2C(=O)c2cc3c(cc2-c2cc(C(=O)N(c4ccccc4)c4ccc(O)cc4)c4n2CCCC4)OCO3)CC1.Cl. The predicted octanol–water partition coefficient (Wildman–Crippen LogP) is 6.47. The molecule has 0 radical (unpaired) electrons. The zero-order valence-electron chi connectivity index (χ0n) is 32.2. The first-order valence-electron chi connectivity index (χ1n) is 19.5. The summed E-state index contributed by atoms with van der Waals surface area (Å²) in [6, 6.07) is 29.8. The van der Waals surface area contributed by atoms with Gasteiger partial charge >= 0.3 is 0 Å². The molecule has 12 nitrogen and oxygen atoms in total. The van der Waals surface area contributed by atoms with Crippen LogP contribution in [0, 0.1) is 0 Å². The van der Waals surface area contributed by atoms with Crippen LogP contribution in [0.3, 0.4) is 0 Å². The van der Waals surface area contributed by atoms with E-state index in [9.17, 15) is 18.3 Å². The molecule has 1 fully saturated rings. The number of anilines is 2. The average molecular weight is 824 g/mol. The van der Waals surface area contributed by atoms with E-state index in [4.69, 9.17) is 9.47 Å². The molecule has 14 heteroatoms. The molecule has 0 spiro atoms. The number of amides is 2. The molecule has 5 heterocycles. The maximum atomic E-state index is 15.3. The topological polar surface area (TPSA) is 125 Å². The van der Waals surface area contributed by atoms with Crippen molar-refractivity contribution in [3.63, 3.8) is 0 Å². The highest BCUT2D eigenvalue weighted by molar-refractivity contribution is 7.88. The third-order valence-electron chi connectivity index (χ3n) is 11.7. The zero-order chi connectivity index (χ0) is 39.3. The molecular weight excluding hydrogens is 778 g/mol. The number of hydrogen-bond donors (Lipinski definition) is 1. The second kappa shape index (κ2) is 16.1. The van der Waals surface area contributed by atoms with E-state index >= 15 is 4.79 Å². The molecule has 0 unspecified atom stereocenters. The van der Waals surface area contributed by atoms with Crippen LogP contribution < -0.4 is 14.4 Å². The summed E-state index contributed by atoms with van der Waals surface area (Å²) >= 11 is 0. The van der Waals surface area contributed by atoms with Crippen molar-refractivity contribution in [2.75, 3.05) is 50.7 Å². The summed E-state index contributed by atoms with van der Waals surface area (Å²) in [7, 11) is -3.28. The number of sulfonamides is 1. The summed E-state index contributed by atoms with van der Waals surface area (Å²) in [5.74, 6) is 0.793. The Kier molecular flexibility index (Phi) is 11.0. The number of aromatic hydroxyl groups is 1. The molecule has 0 aliphatic carbocycles. The molecule has 4 aliphatic heterocycles. The van der Waals surface area contributed by atoms with E-state index in [0.717, 1.165) is 29.8 Å². The van der Waals surface area contributed by atoms with Crippen molar-refractivity contribution in [2.24, 2.45) is 0 Å². The average Bonchev–Trinajstić information content (AvgIpc) is 3.86. The van der Waals surface area contributed by atoms with Gasteiger partial charge in [0.2, 0.25) is 16.8 Å². The van der Waals surface area contributed by atoms with Gasteiger partial charge in [-0.25, -0.2) is 8.42 Å². The van der Waals surface area contributed by atoms with Gasteiger partial charge in [0.15, 0.2) is 11.5 Å². The lowest BCUT2D eigenvalue weighted by Gasteiger charge is -2.42. The number of carbonyl (C=O) groups excluding carboxylic acids is 2. The molecule has 302 valence electrons. The Morgan fingerprint density at radius 1 is 0.793 bits per heavy atom. The van der Waals surface area contributed by atoms with Gasteiger partial charge in [-0.2, -0.15) is 4.31 Å². The largest absolute Gasteiger partial charge is 0.508 e. The van der Waals surface area contributed by atoms with Crippen molar-refractivity contribution in [1.29, 1.82) is 0 Å². The molecule has 4 aromatic carbocycles. The Hall–Kier alpha value is -5.34. The first-order valence-corrected chi connectivity index (χ1v) is 21.4. The fourth-order valence-electron chi connectivity index (χ4n) is 8.78. The molecule has 4 aliphatic rings. The molecule has 0 bridgehead atoms. The number of piperazine rings is 1. The van der Waals surface area contributed by atoms with E-state index < -0.39 is 10.0 Å². The third-order valence-corrected chi connectivity index (χ3v) is 13.0. The number of hydrogen-bond acceptors (Lipinski definition) is 8. The van der Waals surface area contributed by atoms with Crippen molar-refractivity contribution in [3.05, 3.63) is 125 Å². The van der Waals surface area contributed by atoms with Crippen molar-refractivity contribution in [3.8, 4) is 28.5 Å². The normalized spacial score (nSPS) is 17.9. The number of carbonyl (C=O) groups is 2. The number of halogens is 1. The number of rotatable bonds is 8. The molecule has 9 rings (SSSR count). The van der Waals surface area contributed by atoms with Crippen molar-refractivity contribution < 1.29 is 32.6 Å². The Morgan fingerprint density at radius 2 is 1.47 bits per heavy atom. The maximum Gasteiger partial charge on any atom is 0.264 e. The van der Waals surface area contributed by atoms with Gasteiger partial charge in [-0.1, -0.05) is 42.5 Å². The fraction of sp³-hybridized carbons (Fsp3) is 0.318. The number of para-hydroxylation sites is 1. The van der Waals surface area contributed by atoms with E-state index in [-0.39, 0.29) is 42.8 Å². The third kappa shape index (κ3) is 7.55. The minimum absolute atomic E-state index is 0. The zero-order valence-corrected chi connectivity index (χ0v) is 33.9. The molecule has 1 saturated heterocycles. The lowest BCUT2D eigenvalue weighted by atomic mass is 9.92. The molecular formula is C44H46ClN5O7S. The first-order chi connectivity index (χ1) is 27.6. The number of ether oxygens (including phenoxy) is 2. The van der Waals surface area contributed by atoms with Gasteiger partial charge in [0.1, 0.15) is 5.75 Å². The smallest absolute Gasteiger partial charge is 0.264 e. The molecule has 1 N–H and O–H groups in total. The van der Waals surface area contributed by atoms with Gasteiger partial charge in [-0.3, -0.25) is 19.4 Å². The Labute approximate surface area is 344 Å². The van der Waals surface area contributed by atoms with Crippen LogP contribution in [0.1, 0.15) is 50.4 Å². The molecule has 1 aromatic heterocycles. The quantitative estimate of drug-likeness (QED) is 0.189. The lowest BCUT2D eigenvalue weighted by Crippen LogP contribution is -2.54. The second-order valence-electron chi connectivity index (χ2n) is 15.3. The summed E-state index contributed by atoms with van der Waals surface area (Å²) in [6.07, 6.45) is 4.47. The standard InChI is InChI=1S/C44H45N5O7S.ClH/c1-57(53,54)46-21-19-45(20-22-46)28-34-23-30-9-5-6-10-31(30)27-48(34)43(51)37-26-42-41(55-29-56-42)25-36(37)40-24-38(39-13-7-8-18-47(39)40)44(52)49(32-11-3-2-4-12-32)33-14-16-35(50)17-15-33;/h2-6,9-12,14-17,24-26,34,50H,7-8,13,18-23,27-29H2,1H3;1H/t34-;/m0./s1. The Balaban J connectivity index is 0.00000469. The minimum atomic E-state index is -3.28. The highest BCUT2D eigenvalue weighted by atomic mass is 35.5. The predicted molar refractivity (Wildman–Crippen MR) is 224 cm³/mol. The maximum absolute atomic E-state index is 15.3. The second-order valence-corrected chi connectivity index (χ2v) is 17.2. The highest BCUT2D eigenvalue weighted by Gasteiger charge is 2.37. The van der Waals surface area contributed by atoms with E-state index in [1.165, 1.54) is 16.1 Å². The monoisotopic (exact) mass is 823 g/mol. The molecule has 1 atom stereocenters. The van der Waals surface area contributed by atoms with Gasteiger partial charge in [0.25, 0.3) is 11.8 Å². The van der Waals surface area contributed by atoms with Gasteiger partial charge < -0.3 is 24.0 Å². The van der Waals surface area contributed by atoms with Gasteiger partial charge in [-0.05, 0) is 91.4 Å². The van der Waals surface area contributed by atoms with Crippen LogP contribution in [0.2, 0.25) is 0 Å². The molecule has 2 amide bonds. The van der Waals surface area contributed by atoms with Crippen molar-refractivity contribution in [1.82, 2.24) is 18.7 Å². The number of phenolic OH excluding ortho intramolecular Hbond substituents is 1. The summed E-state index contributed by atoms with van der Waals surface area (Å²) in [5.41, 5.74) is 6.97. The lowest BCUT2D eigenvalue weighted by molar-refractivity contribution is 0.0555. The number of aromatic nitrogens is 1. The summed E-state index contributed by atoms with van der Waals surface area (Å²) in [4.78, 5) is 36.1. The van der Waals surface area contributed by atoms with Crippen molar-refractivity contribution >= 4 is 45.6 Å². The number of nitrogens with zero attached hydrogens (tertiary/aromatic N) is 5. The van der Waals surface area contributed by atoms with Crippen LogP contribution in [-0.2, 0) is 36.0 Å². The van der Waals surface area contributed by atoms with Crippen LogP contribution in [-0.4, -0.2) is 95.8 Å². The number of fused-ring (bicyclic) bond motifs is 3. The van der Waals surface area contributed by atoms with Crippen LogP contribution in [0.15, 0.2) is 97.1 Å². The van der Waals surface area contributed by atoms with Crippen LogP contribution >= 0.6 is 12.4 Å². The first kappa shape index (κ1) is 39.5. The summed E-state index contributed by atoms with van der Waals surface area (Å²) in [5, 5.41) is 10.1. The minimum Gasteiger partial charge on any atom is -0.508 e. The number of benzene rings is 4. The van der Waals surface area contributed by atoms with E-state index in [0.29, 0.717) is 98.2 Å². The van der Waals surface area contributed by atoms with Crippen LogP contribution in [0.25, 0.3) is 11.3 Å². The van der Waals surface area contributed by atoms with Gasteiger partial charge in [0, 0.05) is 80.2 Å². The fourth-order valence-corrected chi connectivity index (χ4v) is 9.61. The van der Waals surface area contributed by atoms with Gasteiger partial charge in [0.05, 0.1) is 17.4 Å². The Bertz CT molecular complexity index is 2450. The van der Waals surface area contributed by atoms with E-state index in [1.807, 2.05) is 59.5 Å². The van der Waals surface area contributed by atoms with Crippen molar-refractivity contribution in [2.45, 2.75) is 44.8 Å². The molecule has 58 heavy (non-hydrogen) atoms. The van der Waals surface area contributed by atoms with Crippen LogP contribution in [0.4, 0.5) is 11.4 Å². The molecule has 0 saturated carbocycles. The van der Waals surface area contributed by atoms with E-state index in [2.05, 4.69) is 21.6 Å². The summed E-state index contributed by atoms with van der Waals surface area (Å²) in [6.45, 7) is 3.74. The van der Waals surface area contributed by atoms with E-state index in [1.54, 1.807) is 35.2 Å². The number of phenols is 1.